The van der Waals surface area contributed by atoms with E-state index in [-0.39, 0.29) is 52.9 Å². The van der Waals surface area contributed by atoms with E-state index in [1.165, 1.54) is 21.4 Å². The zero-order valence-corrected chi connectivity index (χ0v) is 36.6. The summed E-state index contributed by atoms with van der Waals surface area (Å²) in [5.74, 6) is 0.391. The van der Waals surface area contributed by atoms with Crippen molar-refractivity contribution in [2.75, 3.05) is 30.7 Å². The molecule has 0 fully saturated rings. The van der Waals surface area contributed by atoms with Crippen LogP contribution in [-0.4, -0.2) is 80.6 Å². The van der Waals surface area contributed by atoms with E-state index in [2.05, 4.69) is 31.2 Å². The van der Waals surface area contributed by atoms with E-state index in [1.54, 1.807) is 118 Å². The molecule has 19 nitrogen and oxygen atoms in total. The average molecular weight is 920 g/mol. The van der Waals surface area contributed by atoms with Crippen molar-refractivity contribution in [3.63, 3.8) is 0 Å². The summed E-state index contributed by atoms with van der Waals surface area (Å²) in [5.41, 5.74) is 8.18. The molecule has 4 aromatic carbocycles. The number of fused-ring (bicyclic) bond motifs is 2. The maximum absolute atomic E-state index is 13.9. The second-order valence-electron chi connectivity index (χ2n) is 14.8. The molecule has 3 aromatic heterocycles. The van der Waals surface area contributed by atoms with Crippen molar-refractivity contribution in [1.29, 1.82) is 0 Å². The van der Waals surface area contributed by atoms with Gasteiger partial charge in [-0.05, 0) is 67.6 Å². The first kappa shape index (κ1) is 42.4. The van der Waals surface area contributed by atoms with Crippen LogP contribution in [0.4, 0.5) is 11.4 Å². The molecule has 9 rings (SSSR count). The van der Waals surface area contributed by atoms with E-state index in [0.717, 1.165) is 0 Å². The van der Waals surface area contributed by atoms with Crippen molar-refractivity contribution in [3.05, 3.63) is 129 Å². The predicted molar refractivity (Wildman–Crippen MR) is 234 cm³/mol. The molecule has 0 radical (unpaired) electrons. The van der Waals surface area contributed by atoms with Gasteiger partial charge >= 0.3 is 0 Å². The molecule has 0 bridgehead atoms. The summed E-state index contributed by atoms with van der Waals surface area (Å²) in [4.78, 5) is 55.9. The molecule has 65 heavy (non-hydrogen) atoms. The van der Waals surface area contributed by atoms with Crippen molar-refractivity contribution in [2.24, 2.45) is 0 Å². The SMILES string of the molecule is CC(=O)NNC(=O)c1c(Cl)c(CC2Oc3ccc(N(C)C(=O)c4cccc(-n5nc(C)c(Cl)c5-c5nnc(C)o5)c4)cc3O2)nn1-c1cccc(C(=O)N(C)c2ccc3c(c2)OCO3)c1. The highest BCUT2D eigenvalue weighted by molar-refractivity contribution is 6.34. The lowest BCUT2D eigenvalue weighted by molar-refractivity contribution is -0.119. The van der Waals surface area contributed by atoms with E-state index < -0.39 is 18.1 Å². The van der Waals surface area contributed by atoms with E-state index in [1.807, 2.05) is 0 Å². The Labute approximate surface area is 379 Å². The molecule has 21 heteroatoms. The molecule has 330 valence electrons. The van der Waals surface area contributed by atoms with Crippen LogP contribution in [0.25, 0.3) is 23.0 Å². The van der Waals surface area contributed by atoms with Crippen LogP contribution >= 0.6 is 23.2 Å². The first-order valence-corrected chi connectivity index (χ1v) is 20.5. The third-order valence-electron chi connectivity index (χ3n) is 10.4. The number of hydrazine groups is 1. The molecule has 2 aliphatic heterocycles. The van der Waals surface area contributed by atoms with Gasteiger partial charge in [-0.15, -0.1) is 10.2 Å². The van der Waals surface area contributed by atoms with Crippen molar-refractivity contribution in [3.8, 4) is 46.0 Å². The van der Waals surface area contributed by atoms with Crippen molar-refractivity contribution < 1.29 is 42.5 Å². The molecule has 0 spiro atoms. The van der Waals surface area contributed by atoms with E-state index in [9.17, 15) is 19.2 Å². The van der Waals surface area contributed by atoms with Crippen LogP contribution in [0.2, 0.25) is 10.0 Å². The minimum Gasteiger partial charge on any atom is -0.454 e. The summed E-state index contributed by atoms with van der Waals surface area (Å²) in [7, 11) is 3.25. The summed E-state index contributed by atoms with van der Waals surface area (Å²) in [5, 5.41) is 17.6. The largest absolute Gasteiger partial charge is 0.454 e. The van der Waals surface area contributed by atoms with E-state index in [0.29, 0.717) is 73.6 Å². The topological polar surface area (TPSA) is 210 Å². The molecule has 2 N–H and O–H groups in total. The van der Waals surface area contributed by atoms with Gasteiger partial charge in [0.15, 0.2) is 28.7 Å². The fraction of sp³-hybridized carbons (Fsp3) is 0.182. The fourth-order valence-electron chi connectivity index (χ4n) is 7.13. The number of rotatable bonds is 10. The van der Waals surface area contributed by atoms with Crippen molar-refractivity contribution >= 4 is 58.2 Å². The zero-order chi connectivity index (χ0) is 45.7. The summed E-state index contributed by atoms with van der Waals surface area (Å²) >= 11 is 13.5. The monoisotopic (exact) mass is 918 g/mol. The Balaban J connectivity index is 0.939. The molecule has 4 amide bonds. The van der Waals surface area contributed by atoms with Crippen molar-refractivity contribution in [1.82, 2.24) is 40.6 Å². The minimum atomic E-state index is -0.950. The molecule has 7 aromatic rings. The smallest absolute Gasteiger partial charge is 0.289 e. The van der Waals surface area contributed by atoms with Crippen LogP contribution in [0.5, 0.6) is 23.0 Å². The third kappa shape index (κ3) is 8.13. The molecule has 0 aliphatic carbocycles. The van der Waals surface area contributed by atoms with Crippen LogP contribution in [0.3, 0.4) is 0 Å². The number of anilines is 2. The van der Waals surface area contributed by atoms with Crippen LogP contribution in [-0.2, 0) is 11.2 Å². The lowest BCUT2D eigenvalue weighted by atomic mass is 10.1. The highest BCUT2D eigenvalue weighted by Crippen LogP contribution is 2.40. The Morgan fingerprint density at radius 3 is 1.98 bits per heavy atom. The van der Waals surface area contributed by atoms with Gasteiger partial charge in [0.25, 0.3) is 23.6 Å². The van der Waals surface area contributed by atoms with E-state index in [4.69, 9.17) is 46.6 Å². The lowest BCUT2D eigenvalue weighted by Crippen LogP contribution is -2.41. The number of aryl methyl sites for hydroxylation is 2. The molecular formula is C44H36Cl2N10O9. The van der Waals surface area contributed by atoms with Gasteiger partial charge in [-0.3, -0.25) is 30.0 Å². The normalized spacial score (nSPS) is 13.4. The van der Waals surface area contributed by atoms with Crippen LogP contribution in [0.1, 0.15) is 55.4 Å². The second-order valence-corrected chi connectivity index (χ2v) is 15.6. The van der Waals surface area contributed by atoms with Gasteiger partial charge in [-0.2, -0.15) is 10.2 Å². The number of nitrogens with zero attached hydrogens (tertiary/aromatic N) is 8. The second kappa shape index (κ2) is 17.0. The summed E-state index contributed by atoms with van der Waals surface area (Å²) in [6, 6.07) is 23.6. The first-order chi connectivity index (χ1) is 31.2. The van der Waals surface area contributed by atoms with Gasteiger partial charge in [0.1, 0.15) is 5.69 Å². The van der Waals surface area contributed by atoms with Crippen LogP contribution in [0, 0.1) is 13.8 Å². The Morgan fingerprint density at radius 2 is 1.34 bits per heavy atom. The summed E-state index contributed by atoms with van der Waals surface area (Å²) in [6.07, 6.45) is -0.986. The number of amides is 4. The Morgan fingerprint density at radius 1 is 0.723 bits per heavy atom. The number of halogens is 2. The maximum Gasteiger partial charge on any atom is 0.289 e. The number of carbonyl (C=O) groups is 4. The lowest BCUT2D eigenvalue weighted by Gasteiger charge is -2.18. The van der Waals surface area contributed by atoms with Crippen LogP contribution in [0.15, 0.2) is 89.3 Å². The number of benzene rings is 4. The van der Waals surface area contributed by atoms with Gasteiger partial charge in [0.2, 0.25) is 24.9 Å². The maximum atomic E-state index is 13.9. The standard InChI is InChI=1S/C44H36Cl2N10O9/c1-22-37(45)40(42-50-48-24(3)63-42)56(51-22)30-11-7-9-26(17-30)44(60)54(5)28-13-15-33-35(19-28)65-36(64-33)20-31-38(46)39(41(58)49-47-23(2)57)55(52-31)29-10-6-8-25(16-29)43(59)53(4)27-12-14-32-34(18-27)62-21-61-32/h6-19,36H,20-21H2,1-5H3,(H,47,57)(H,49,58). The minimum absolute atomic E-state index is 0.0363. The van der Waals surface area contributed by atoms with Gasteiger partial charge in [-0.25, -0.2) is 9.36 Å². The molecule has 1 unspecified atom stereocenters. The van der Waals surface area contributed by atoms with Gasteiger partial charge in [-0.1, -0.05) is 35.3 Å². The summed E-state index contributed by atoms with van der Waals surface area (Å²) in [6.45, 7) is 4.74. The molecule has 2 aliphatic rings. The predicted octanol–water partition coefficient (Wildman–Crippen LogP) is 6.43. The van der Waals surface area contributed by atoms with Crippen LogP contribution < -0.4 is 39.6 Å². The number of hydrogen-bond donors (Lipinski definition) is 2. The Bertz CT molecular complexity index is 3070. The Kier molecular flexibility index (Phi) is 11.1. The molecule has 1 atom stereocenters. The number of nitrogens with one attached hydrogen (secondary N) is 2. The van der Waals surface area contributed by atoms with Gasteiger partial charge in [0, 0.05) is 62.6 Å². The highest BCUT2D eigenvalue weighted by Gasteiger charge is 2.32. The molecule has 5 heterocycles. The van der Waals surface area contributed by atoms with Crippen molar-refractivity contribution in [2.45, 2.75) is 33.5 Å². The summed E-state index contributed by atoms with van der Waals surface area (Å²) < 4.78 is 31.7. The molecular weight excluding hydrogens is 883 g/mol. The number of ether oxygens (including phenoxy) is 4. The number of aromatic nitrogens is 6. The quantitative estimate of drug-likeness (QED) is 0.142. The molecule has 0 saturated heterocycles. The third-order valence-corrected chi connectivity index (χ3v) is 11.2. The van der Waals surface area contributed by atoms with Gasteiger partial charge < -0.3 is 33.2 Å². The van der Waals surface area contributed by atoms with E-state index >= 15 is 0 Å². The number of carbonyl (C=O) groups excluding carboxylic acids is 4. The fourth-order valence-corrected chi connectivity index (χ4v) is 7.61. The average Bonchev–Trinajstić information content (AvgIpc) is 4.16. The zero-order valence-electron chi connectivity index (χ0n) is 35.1. The number of hydrogen-bond acceptors (Lipinski definition) is 13. The Hall–Kier alpha value is -7.90. The molecule has 0 saturated carbocycles. The van der Waals surface area contributed by atoms with Gasteiger partial charge in [0.05, 0.1) is 39.2 Å². The highest BCUT2D eigenvalue weighted by atomic mass is 35.5. The first-order valence-electron chi connectivity index (χ1n) is 19.8.